The first-order valence-electron chi connectivity index (χ1n) is 8.79. The Balaban J connectivity index is 1.49. The van der Waals surface area contributed by atoms with Crippen LogP contribution in [-0.2, 0) is 0 Å². The second kappa shape index (κ2) is 7.30. The quantitative estimate of drug-likeness (QED) is 0.573. The molecule has 2 aromatic carbocycles. The van der Waals surface area contributed by atoms with Crippen LogP contribution in [0.4, 0.5) is 5.13 Å². The van der Waals surface area contributed by atoms with E-state index < -0.39 is 0 Å². The van der Waals surface area contributed by atoms with E-state index in [9.17, 15) is 4.79 Å². The highest BCUT2D eigenvalue weighted by atomic mass is 35.5. The van der Waals surface area contributed by atoms with Crippen molar-refractivity contribution in [2.24, 2.45) is 0 Å². The third kappa shape index (κ3) is 3.64. The highest BCUT2D eigenvalue weighted by Gasteiger charge is 2.25. The number of carbonyl (C=O) groups excluding carboxylic acids is 1. The number of thiazole rings is 1. The Morgan fingerprint density at radius 1 is 1.04 bits per heavy atom. The number of aryl methyl sites for hydroxylation is 2. The van der Waals surface area contributed by atoms with E-state index in [1.54, 1.807) is 29.5 Å². The van der Waals surface area contributed by atoms with Gasteiger partial charge in [0.05, 0.1) is 20.8 Å². The lowest BCUT2D eigenvalue weighted by molar-refractivity contribution is 0.0747. The molecule has 0 spiro atoms. The molecule has 27 heavy (non-hydrogen) atoms. The Morgan fingerprint density at radius 2 is 1.74 bits per heavy atom. The fraction of sp³-hybridized carbons (Fsp3) is 0.300. The van der Waals surface area contributed by atoms with Crippen molar-refractivity contribution >= 4 is 55.8 Å². The first-order valence-corrected chi connectivity index (χ1v) is 10.4. The van der Waals surface area contributed by atoms with Gasteiger partial charge in [-0.1, -0.05) is 34.5 Å². The van der Waals surface area contributed by atoms with Gasteiger partial charge < -0.3 is 9.80 Å². The number of amides is 1. The highest BCUT2D eigenvalue weighted by molar-refractivity contribution is 7.22. The average Bonchev–Trinajstić information content (AvgIpc) is 3.06. The van der Waals surface area contributed by atoms with Crippen LogP contribution < -0.4 is 4.90 Å². The van der Waals surface area contributed by atoms with E-state index in [0.717, 1.165) is 23.7 Å². The van der Waals surface area contributed by atoms with Gasteiger partial charge in [-0.25, -0.2) is 4.98 Å². The number of carbonyl (C=O) groups is 1. The van der Waals surface area contributed by atoms with Gasteiger partial charge in [0.25, 0.3) is 5.91 Å². The van der Waals surface area contributed by atoms with Crippen LogP contribution in [0.2, 0.25) is 10.0 Å². The molecule has 0 bridgehead atoms. The van der Waals surface area contributed by atoms with Crippen molar-refractivity contribution in [2.45, 2.75) is 13.8 Å². The van der Waals surface area contributed by atoms with Crippen molar-refractivity contribution in [3.8, 4) is 0 Å². The smallest absolute Gasteiger partial charge is 0.255 e. The minimum absolute atomic E-state index is 0.0716. The van der Waals surface area contributed by atoms with E-state index in [0.29, 0.717) is 28.7 Å². The molecule has 140 valence electrons. The fourth-order valence-electron chi connectivity index (χ4n) is 3.24. The Bertz CT molecular complexity index is 986. The number of rotatable bonds is 2. The van der Waals surface area contributed by atoms with Crippen LogP contribution in [0.5, 0.6) is 0 Å². The van der Waals surface area contributed by atoms with E-state index in [2.05, 4.69) is 30.9 Å². The molecule has 1 fully saturated rings. The Kier molecular flexibility index (Phi) is 5.01. The second-order valence-electron chi connectivity index (χ2n) is 6.80. The normalized spacial score (nSPS) is 14.8. The number of hydrogen-bond donors (Lipinski definition) is 0. The zero-order valence-electron chi connectivity index (χ0n) is 15.1. The molecule has 1 aromatic heterocycles. The van der Waals surface area contributed by atoms with Crippen LogP contribution in [-0.4, -0.2) is 42.0 Å². The first-order chi connectivity index (χ1) is 12.9. The van der Waals surface area contributed by atoms with Crippen LogP contribution in [0.25, 0.3) is 10.2 Å². The summed E-state index contributed by atoms with van der Waals surface area (Å²) in [5.74, 6) is -0.0716. The maximum Gasteiger partial charge on any atom is 0.255 e. The molecule has 0 radical (unpaired) electrons. The number of piperazine rings is 1. The minimum Gasteiger partial charge on any atom is -0.345 e. The van der Waals surface area contributed by atoms with Crippen molar-refractivity contribution in [1.82, 2.24) is 9.88 Å². The van der Waals surface area contributed by atoms with Crippen molar-refractivity contribution in [3.05, 3.63) is 57.1 Å². The topological polar surface area (TPSA) is 36.4 Å². The summed E-state index contributed by atoms with van der Waals surface area (Å²) >= 11 is 13.9. The van der Waals surface area contributed by atoms with E-state index in [-0.39, 0.29) is 5.91 Å². The van der Waals surface area contributed by atoms with Crippen LogP contribution >= 0.6 is 34.5 Å². The summed E-state index contributed by atoms with van der Waals surface area (Å²) < 4.78 is 1.21. The number of nitrogens with zero attached hydrogens (tertiary/aromatic N) is 3. The lowest BCUT2D eigenvalue weighted by Crippen LogP contribution is -2.48. The summed E-state index contributed by atoms with van der Waals surface area (Å²) in [5, 5.41) is 1.97. The van der Waals surface area contributed by atoms with Gasteiger partial charge in [-0.2, -0.15) is 0 Å². The standard InChI is InChI=1S/C20H19Cl2N3OS/c1-12-9-17-18(10-13(12)2)27-20(23-17)25-7-5-24(6-8-25)19(26)15-11-14(21)3-4-16(15)22/h3-4,9-11H,5-8H2,1-2H3. The molecule has 7 heteroatoms. The minimum atomic E-state index is -0.0716. The number of anilines is 1. The molecule has 4 nitrogen and oxygen atoms in total. The average molecular weight is 420 g/mol. The highest BCUT2D eigenvalue weighted by Crippen LogP contribution is 2.31. The van der Waals surface area contributed by atoms with Gasteiger partial charge in [0, 0.05) is 31.2 Å². The van der Waals surface area contributed by atoms with Crippen LogP contribution in [0.3, 0.4) is 0 Å². The molecule has 1 saturated heterocycles. The molecule has 0 aliphatic carbocycles. The summed E-state index contributed by atoms with van der Waals surface area (Å²) in [6, 6.07) is 9.34. The van der Waals surface area contributed by atoms with Crippen molar-refractivity contribution in [1.29, 1.82) is 0 Å². The zero-order chi connectivity index (χ0) is 19.1. The molecule has 2 heterocycles. The lowest BCUT2D eigenvalue weighted by Gasteiger charge is -2.34. The molecular formula is C20H19Cl2N3OS. The summed E-state index contributed by atoms with van der Waals surface area (Å²) in [7, 11) is 0. The molecular weight excluding hydrogens is 401 g/mol. The van der Waals surface area contributed by atoms with E-state index in [4.69, 9.17) is 28.2 Å². The van der Waals surface area contributed by atoms with Crippen molar-refractivity contribution in [3.63, 3.8) is 0 Å². The van der Waals surface area contributed by atoms with Crippen LogP contribution in [0.15, 0.2) is 30.3 Å². The molecule has 1 amide bonds. The predicted molar refractivity (Wildman–Crippen MR) is 114 cm³/mol. The molecule has 0 N–H and O–H groups in total. The Hall–Kier alpha value is -1.82. The first kappa shape index (κ1) is 18.5. The third-order valence-electron chi connectivity index (χ3n) is 4.99. The molecule has 1 aliphatic rings. The molecule has 4 rings (SSSR count). The monoisotopic (exact) mass is 419 g/mol. The zero-order valence-corrected chi connectivity index (χ0v) is 17.5. The van der Waals surface area contributed by atoms with Crippen LogP contribution in [0, 0.1) is 13.8 Å². The summed E-state index contributed by atoms with van der Waals surface area (Å²) in [4.78, 5) is 21.7. The van der Waals surface area contributed by atoms with Crippen LogP contribution in [0.1, 0.15) is 21.5 Å². The van der Waals surface area contributed by atoms with Crippen molar-refractivity contribution < 1.29 is 4.79 Å². The second-order valence-corrected chi connectivity index (χ2v) is 8.66. The van der Waals surface area contributed by atoms with Crippen molar-refractivity contribution in [2.75, 3.05) is 31.1 Å². The number of aromatic nitrogens is 1. The van der Waals surface area contributed by atoms with Gasteiger partial charge in [-0.05, 0) is 55.3 Å². The van der Waals surface area contributed by atoms with Gasteiger partial charge >= 0.3 is 0 Å². The number of fused-ring (bicyclic) bond motifs is 1. The number of hydrogen-bond acceptors (Lipinski definition) is 4. The van der Waals surface area contributed by atoms with E-state index >= 15 is 0 Å². The molecule has 3 aromatic rings. The van der Waals surface area contributed by atoms with Gasteiger partial charge in [-0.15, -0.1) is 0 Å². The maximum atomic E-state index is 12.8. The van der Waals surface area contributed by atoms with Gasteiger partial charge in [0.2, 0.25) is 0 Å². The van der Waals surface area contributed by atoms with Gasteiger partial charge in [0.15, 0.2) is 5.13 Å². The molecule has 1 aliphatic heterocycles. The van der Waals surface area contributed by atoms with E-state index in [1.165, 1.54) is 15.8 Å². The molecule has 0 unspecified atom stereocenters. The summed E-state index contributed by atoms with van der Waals surface area (Å²) in [6.45, 7) is 7.01. The predicted octanol–water partition coefficient (Wildman–Crippen LogP) is 5.18. The SMILES string of the molecule is Cc1cc2nc(N3CCN(C(=O)c4cc(Cl)ccc4Cl)CC3)sc2cc1C. The summed E-state index contributed by atoms with van der Waals surface area (Å²) in [5.41, 5.74) is 4.05. The van der Waals surface area contributed by atoms with E-state index in [1.807, 2.05) is 4.90 Å². The maximum absolute atomic E-state index is 12.8. The third-order valence-corrected chi connectivity index (χ3v) is 6.63. The van der Waals surface area contributed by atoms with Gasteiger partial charge in [0.1, 0.15) is 0 Å². The molecule has 0 atom stereocenters. The Morgan fingerprint density at radius 3 is 2.48 bits per heavy atom. The lowest BCUT2D eigenvalue weighted by atomic mass is 10.1. The Labute approximate surface area is 172 Å². The van der Waals surface area contributed by atoms with Gasteiger partial charge in [-0.3, -0.25) is 4.79 Å². The summed E-state index contributed by atoms with van der Waals surface area (Å²) in [6.07, 6.45) is 0. The molecule has 0 saturated carbocycles. The number of benzene rings is 2. The number of halogens is 2. The fourth-order valence-corrected chi connectivity index (χ4v) is 4.70. The largest absolute Gasteiger partial charge is 0.345 e.